The van der Waals surface area contributed by atoms with Crippen LogP contribution in [-0.2, 0) is 65.4 Å². The number of ether oxygens (including phenoxy) is 4. The lowest BCUT2D eigenvalue weighted by Gasteiger charge is -2.21. The number of hydrogen-bond donors (Lipinski definition) is 3. The Morgan fingerprint density at radius 2 is 0.455 bits per heavy atom. The van der Waals surface area contributed by atoms with Crippen molar-refractivity contribution in [2.75, 3.05) is 39.6 Å². The molecule has 0 rings (SSSR count). The minimum Gasteiger partial charge on any atom is -0.462 e. The molecule has 0 aliphatic rings. The van der Waals surface area contributed by atoms with E-state index < -0.39 is 97.5 Å². The molecule has 0 heterocycles. The average Bonchev–Trinajstić information content (AvgIpc) is 0.962. The summed E-state index contributed by atoms with van der Waals surface area (Å²) in [5, 5.41) is 10.6. The van der Waals surface area contributed by atoms with E-state index in [0.29, 0.717) is 31.6 Å². The fourth-order valence-corrected chi connectivity index (χ4v) is 14.2. The first-order valence-electron chi connectivity index (χ1n) is 42.3. The summed E-state index contributed by atoms with van der Waals surface area (Å²) in [6.07, 6.45) is 61.1. The van der Waals surface area contributed by atoms with E-state index in [1.807, 2.05) is 0 Å². The Morgan fingerprint density at radius 3 is 0.673 bits per heavy atom. The summed E-state index contributed by atoms with van der Waals surface area (Å²) in [7, 11) is -9.92. The van der Waals surface area contributed by atoms with Crippen LogP contribution in [0.15, 0.2) is 0 Å². The Kier molecular flexibility index (Phi) is 70.9. The zero-order chi connectivity index (χ0) is 74.4. The molecule has 0 aromatic carbocycles. The lowest BCUT2D eigenvalue weighted by molar-refractivity contribution is -0.161. The number of esters is 4. The van der Waals surface area contributed by atoms with Gasteiger partial charge < -0.3 is 33.8 Å². The number of aliphatic hydroxyl groups excluding tert-OH is 1. The summed E-state index contributed by atoms with van der Waals surface area (Å²) in [4.78, 5) is 73.1. The SMILES string of the molecule is CCCCCCCCCCCCCCCCCCCC(=O)OC[C@H](COP(=O)(O)OC[C@@H](O)COP(=O)(O)OC[C@@H](COC(=O)CCCCCCCCCC(C)C)OC(=O)CCCCCCCCCCCCCCC(C)C)OC(=O)CCCCCCCCCCCCCCCCCCC(C)C. The molecular formula is C82H160O17P2. The Morgan fingerprint density at radius 1 is 0.267 bits per heavy atom. The average molecular weight is 1480 g/mol. The first kappa shape index (κ1) is 99.1. The summed E-state index contributed by atoms with van der Waals surface area (Å²) in [6, 6.07) is 0. The highest BCUT2D eigenvalue weighted by Gasteiger charge is 2.30. The molecule has 17 nitrogen and oxygen atoms in total. The monoisotopic (exact) mass is 1480 g/mol. The van der Waals surface area contributed by atoms with E-state index in [1.54, 1.807) is 0 Å². The van der Waals surface area contributed by atoms with Crippen molar-refractivity contribution in [3.8, 4) is 0 Å². The van der Waals surface area contributed by atoms with Crippen LogP contribution < -0.4 is 0 Å². The maximum absolute atomic E-state index is 13.1. The van der Waals surface area contributed by atoms with Crippen LogP contribution in [0.1, 0.15) is 427 Å². The molecule has 0 amide bonds. The van der Waals surface area contributed by atoms with Gasteiger partial charge in [0.15, 0.2) is 12.2 Å². The first-order chi connectivity index (χ1) is 48.7. The van der Waals surface area contributed by atoms with Gasteiger partial charge in [0.1, 0.15) is 19.3 Å². The molecule has 0 aromatic heterocycles. The third-order valence-corrected chi connectivity index (χ3v) is 21.0. The molecule has 0 radical (unpaired) electrons. The molecule has 0 saturated heterocycles. The third kappa shape index (κ3) is 76.1. The van der Waals surface area contributed by atoms with Gasteiger partial charge in [-0.2, -0.15) is 0 Å². The van der Waals surface area contributed by atoms with E-state index in [-0.39, 0.29) is 25.7 Å². The van der Waals surface area contributed by atoms with Gasteiger partial charge in [0.25, 0.3) is 0 Å². The van der Waals surface area contributed by atoms with Gasteiger partial charge in [0.2, 0.25) is 0 Å². The topological polar surface area (TPSA) is 237 Å². The molecule has 2 unspecified atom stereocenters. The van der Waals surface area contributed by atoms with Gasteiger partial charge in [0, 0.05) is 25.7 Å². The van der Waals surface area contributed by atoms with Crippen LogP contribution >= 0.6 is 15.6 Å². The highest BCUT2D eigenvalue weighted by molar-refractivity contribution is 7.47. The molecule has 0 fully saturated rings. The second-order valence-electron chi connectivity index (χ2n) is 30.9. The Labute approximate surface area is 619 Å². The van der Waals surface area contributed by atoms with Crippen LogP contribution in [0.3, 0.4) is 0 Å². The van der Waals surface area contributed by atoms with Gasteiger partial charge in [-0.25, -0.2) is 9.13 Å². The lowest BCUT2D eigenvalue weighted by Crippen LogP contribution is -2.30. The van der Waals surface area contributed by atoms with Crippen molar-refractivity contribution >= 4 is 39.5 Å². The molecule has 101 heavy (non-hydrogen) atoms. The number of unbranched alkanes of at least 4 members (excludes halogenated alkanes) is 48. The van der Waals surface area contributed by atoms with Gasteiger partial charge in [-0.1, -0.05) is 376 Å². The van der Waals surface area contributed by atoms with Crippen LogP contribution in [0.2, 0.25) is 0 Å². The predicted molar refractivity (Wildman–Crippen MR) is 414 cm³/mol. The van der Waals surface area contributed by atoms with Gasteiger partial charge >= 0.3 is 39.5 Å². The number of phosphoric ester groups is 2. The minimum atomic E-state index is -4.96. The summed E-state index contributed by atoms with van der Waals surface area (Å²) in [6.45, 7) is 11.9. The summed E-state index contributed by atoms with van der Waals surface area (Å²) in [5.74, 6) is 0.181. The van der Waals surface area contributed by atoms with Crippen molar-refractivity contribution in [1.82, 2.24) is 0 Å². The molecule has 19 heteroatoms. The van der Waals surface area contributed by atoms with Gasteiger partial charge in [-0.05, 0) is 43.4 Å². The Balaban J connectivity index is 5.24. The summed E-state index contributed by atoms with van der Waals surface area (Å²) >= 11 is 0. The molecule has 0 aliphatic heterocycles. The lowest BCUT2D eigenvalue weighted by atomic mass is 10.0. The largest absolute Gasteiger partial charge is 0.472 e. The number of carbonyl (C=O) groups excluding carboxylic acids is 4. The quantitative estimate of drug-likeness (QED) is 0.0222. The van der Waals surface area contributed by atoms with Crippen molar-refractivity contribution in [3.63, 3.8) is 0 Å². The number of rotatable bonds is 80. The molecule has 600 valence electrons. The molecule has 0 aromatic rings. The van der Waals surface area contributed by atoms with E-state index in [4.69, 9.17) is 37.0 Å². The summed E-state index contributed by atoms with van der Waals surface area (Å²) < 4.78 is 68.8. The van der Waals surface area contributed by atoms with E-state index in [9.17, 15) is 43.2 Å². The van der Waals surface area contributed by atoms with Crippen LogP contribution in [0.5, 0.6) is 0 Å². The van der Waals surface area contributed by atoms with Gasteiger partial charge in [-0.3, -0.25) is 37.3 Å². The smallest absolute Gasteiger partial charge is 0.462 e. The van der Waals surface area contributed by atoms with Gasteiger partial charge in [0.05, 0.1) is 26.4 Å². The van der Waals surface area contributed by atoms with Crippen LogP contribution in [0, 0.1) is 17.8 Å². The van der Waals surface area contributed by atoms with E-state index in [2.05, 4.69) is 48.5 Å². The van der Waals surface area contributed by atoms with Crippen LogP contribution in [0.25, 0.3) is 0 Å². The highest BCUT2D eigenvalue weighted by atomic mass is 31.2. The molecule has 3 N–H and O–H groups in total. The summed E-state index contributed by atoms with van der Waals surface area (Å²) in [5.41, 5.74) is 0. The zero-order valence-electron chi connectivity index (χ0n) is 66.4. The standard InChI is InChI=1S/C82H160O17P2/c1-8-9-10-11-12-13-14-15-16-17-21-24-30-35-42-49-56-63-79(84)92-69-77(98-81(86)65-58-51-43-36-31-25-22-19-18-20-23-28-33-39-46-53-60-73(2)3)71-96-100(88,89)94-67-76(83)68-95-101(90,91)97-72-78(70-93-80(85)64-57-50-45-38-41-48-55-62-75(6)7)99-82(87)66-59-52-44-37-32-27-26-29-34-40-47-54-61-74(4)5/h73-78,83H,8-72H2,1-7H3,(H,88,89)(H,90,91)/t76-,77-,78-/m1/s1. The molecule has 0 spiro atoms. The van der Waals surface area contributed by atoms with Crippen LogP contribution in [-0.4, -0.2) is 96.7 Å². The molecular weight excluding hydrogens is 1320 g/mol. The van der Waals surface area contributed by atoms with E-state index >= 15 is 0 Å². The van der Waals surface area contributed by atoms with Gasteiger partial charge in [-0.15, -0.1) is 0 Å². The second kappa shape index (κ2) is 72.3. The normalized spacial score (nSPS) is 14.0. The van der Waals surface area contributed by atoms with Crippen molar-refractivity contribution < 1.29 is 80.2 Å². The maximum Gasteiger partial charge on any atom is 0.472 e. The van der Waals surface area contributed by atoms with E-state index in [1.165, 1.54) is 231 Å². The molecule has 0 bridgehead atoms. The van der Waals surface area contributed by atoms with Crippen molar-refractivity contribution in [3.05, 3.63) is 0 Å². The fraction of sp³-hybridized carbons (Fsp3) is 0.951. The molecule has 0 saturated carbocycles. The number of hydrogen-bond acceptors (Lipinski definition) is 15. The van der Waals surface area contributed by atoms with E-state index in [0.717, 1.165) is 108 Å². The number of phosphoric acid groups is 2. The predicted octanol–water partition coefficient (Wildman–Crippen LogP) is 24.5. The van der Waals surface area contributed by atoms with Crippen molar-refractivity contribution in [1.29, 1.82) is 0 Å². The first-order valence-corrected chi connectivity index (χ1v) is 45.3. The maximum atomic E-state index is 13.1. The molecule has 5 atom stereocenters. The Bertz CT molecular complexity index is 1960. The highest BCUT2D eigenvalue weighted by Crippen LogP contribution is 2.45. The van der Waals surface area contributed by atoms with Crippen molar-refractivity contribution in [2.24, 2.45) is 17.8 Å². The minimum absolute atomic E-state index is 0.106. The second-order valence-corrected chi connectivity index (χ2v) is 33.8. The zero-order valence-corrected chi connectivity index (χ0v) is 68.2. The fourth-order valence-electron chi connectivity index (χ4n) is 12.7. The number of aliphatic hydroxyl groups is 1. The molecule has 0 aliphatic carbocycles. The van der Waals surface area contributed by atoms with Crippen LogP contribution in [0.4, 0.5) is 0 Å². The number of carbonyl (C=O) groups is 4. The van der Waals surface area contributed by atoms with Crippen molar-refractivity contribution in [2.45, 2.75) is 446 Å². The Hall–Kier alpha value is -1.94. The third-order valence-electron chi connectivity index (χ3n) is 19.1.